The lowest BCUT2D eigenvalue weighted by atomic mass is 9.94. The zero-order valence-corrected chi connectivity index (χ0v) is 18.2. The number of hydrogen-bond acceptors (Lipinski definition) is 10. The lowest BCUT2D eigenvalue weighted by Crippen LogP contribution is -2.25. The van der Waals surface area contributed by atoms with Crippen molar-refractivity contribution in [2.75, 3.05) is 21.3 Å². The fourth-order valence-electron chi connectivity index (χ4n) is 3.68. The van der Waals surface area contributed by atoms with Gasteiger partial charge in [-0.3, -0.25) is 0 Å². The molecule has 1 aliphatic rings. The highest BCUT2D eigenvalue weighted by molar-refractivity contribution is 5.99. The SMILES string of the molecule is COC(=O)[C@H](O)C[C@@H](OC)c1c(O)c(OC)c(C)c2c1Oc1c(C)cc(O)cc1OC2=O. The van der Waals surface area contributed by atoms with Crippen molar-refractivity contribution in [3.63, 3.8) is 0 Å². The van der Waals surface area contributed by atoms with E-state index < -0.39 is 24.1 Å². The summed E-state index contributed by atoms with van der Waals surface area (Å²) in [6.45, 7) is 3.18. The number of esters is 2. The number of carbonyl (C=O) groups excluding carboxylic acids is 2. The molecule has 172 valence electrons. The maximum Gasteiger partial charge on any atom is 0.347 e. The van der Waals surface area contributed by atoms with Crippen molar-refractivity contribution in [1.29, 1.82) is 0 Å². The maximum atomic E-state index is 13.0. The number of ether oxygens (including phenoxy) is 5. The van der Waals surface area contributed by atoms with Crippen LogP contribution in [0.25, 0.3) is 0 Å². The molecule has 10 heteroatoms. The predicted molar refractivity (Wildman–Crippen MR) is 110 cm³/mol. The number of aliphatic hydroxyl groups excluding tert-OH is 1. The molecule has 0 fully saturated rings. The molecule has 32 heavy (non-hydrogen) atoms. The molecule has 0 bridgehead atoms. The second-order valence-electron chi connectivity index (χ2n) is 7.21. The van der Waals surface area contributed by atoms with Crippen molar-refractivity contribution in [1.82, 2.24) is 0 Å². The number of phenols is 2. The topological polar surface area (TPSA) is 141 Å². The highest BCUT2D eigenvalue weighted by Gasteiger charge is 2.37. The van der Waals surface area contributed by atoms with Gasteiger partial charge in [-0.2, -0.15) is 0 Å². The lowest BCUT2D eigenvalue weighted by Gasteiger charge is -2.25. The summed E-state index contributed by atoms with van der Waals surface area (Å²) < 4.78 is 26.8. The van der Waals surface area contributed by atoms with Gasteiger partial charge in [0.1, 0.15) is 11.3 Å². The number of aryl methyl sites for hydroxylation is 1. The maximum absolute atomic E-state index is 13.0. The summed E-state index contributed by atoms with van der Waals surface area (Å²) in [5.41, 5.74) is 0.638. The average Bonchev–Trinajstić information content (AvgIpc) is 2.88. The van der Waals surface area contributed by atoms with Gasteiger partial charge in [0.15, 0.2) is 34.9 Å². The van der Waals surface area contributed by atoms with E-state index in [0.29, 0.717) is 5.56 Å². The van der Waals surface area contributed by atoms with Crippen LogP contribution < -0.4 is 14.2 Å². The number of methoxy groups -OCH3 is 3. The third-order valence-corrected chi connectivity index (χ3v) is 5.21. The molecule has 0 unspecified atom stereocenters. The number of aromatic hydroxyl groups is 2. The number of aliphatic hydroxyl groups is 1. The quantitative estimate of drug-likeness (QED) is 0.446. The summed E-state index contributed by atoms with van der Waals surface area (Å²) in [5.74, 6) is -2.21. The van der Waals surface area contributed by atoms with Gasteiger partial charge in [0.05, 0.1) is 25.9 Å². The molecule has 1 heterocycles. The standard InChI is InChI=1S/C22H24O10/c1-9-6-11(23)7-14-18(9)32-20-15(22(27)31-14)10(2)19(29-4)17(25)16(20)13(28-3)8-12(24)21(26)30-5/h6-7,12-13,23-25H,8H2,1-5H3/t12-,13-/m1/s1. The third kappa shape index (κ3) is 3.90. The van der Waals surface area contributed by atoms with Gasteiger partial charge in [0, 0.05) is 25.2 Å². The smallest absolute Gasteiger partial charge is 0.347 e. The Balaban J connectivity index is 2.28. The molecular formula is C22H24O10. The van der Waals surface area contributed by atoms with Crippen molar-refractivity contribution in [2.45, 2.75) is 32.5 Å². The minimum absolute atomic E-state index is 0.0175. The highest BCUT2D eigenvalue weighted by Crippen LogP contribution is 2.52. The van der Waals surface area contributed by atoms with Crippen LogP contribution in [-0.2, 0) is 14.3 Å². The Morgan fingerprint density at radius 3 is 2.38 bits per heavy atom. The van der Waals surface area contributed by atoms with Crippen LogP contribution >= 0.6 is 0 Å². The Morgan fingerprint density at radius 2 is 1.78 bits per heavy atom. The predicted octanol–water partition coefficient (Wildman–Crippen LogP) is 2.66. The summed E-state index contributed by atoms with van der Waals surface area (Å²) >= 11 is 0. The van der Waals surface area contributed by atoms with Crippen molar-refractivity contribution in [2.24, 2.45) is 0 Å². The average molecular weight is 448 g/mol. The molecule has 2 aromatic rings. The molecule has 0 saturated heterocycles. The summed E-state index contributed by atoms with van der Waals surface area (Å²) in [5, 5.41) is 31.1. The first-order valence-corrected chi connectivity index (χ1v) is 9.60. The number of rotatable bonds is 6. The number of phenolic OH excluding ortho intramolecular Hbond substituents is 2. The molecule has 0 radical (unpaired) electrons. The Morgan fingerprint density at radius 1 is 1.09 bits per heavy atom. The van der Waals surface area contributed by atoms with E-state index in [1.807, 2.05) is 0 Å². The van der Waals surface area contributed by atoms with Crippen LogP contribution in [0.5, 0.6) is 34.5 Å². The van der Waals surface area contributed by atoms with E-state index in [1.54, 1.807) is 6.92 Å². The summed E-state index contributed by atoms with van der Waals surface area (Å²) in [6, 6.07) is 2.65. The minimum Gasteiger partial charge on any atom is -0.508 e. The van der Waals surface area contributed by atoms with Gasteiger partial charge >= 0.3 is 11.9 Å². The van der Waals surface area contributed by atoms with Crippen LogP contribution in [0.3, 0.4) is 0 Å². The first kappa shape index (κ1) is 23.2. The number of hydrogen-bond donors (Lipinski definition) is 3. The molecule has 3 rings (SSSR count). The second-order valence-corrected chi connectivity index (χ2v) is 7.21. The van der Waals surface area contributed by atoms with Gasteiger partial charge in [0.25, 0.3) is 0 Å². The number of fused-ring (bicyclic) bond motifs is 2. The monoisotopic (exact) mass is 448 g/mol. The number of carbonyl (C=O) groups is 2. The minimum atomic E-state index is -1.57. The normalized spacial score (nSPS) is 14.2. The molecule has 0 saturated carbocycles. The number of benzene rings is 2. The largest absolute Gasteiger partial charge is 0.508 e. The van der Waals surface area contributed by atoms with Crippen molar-refractivity contribution >= 4 is 11.9 Å². The summed E-state index contributed by atoms with van der Waals surface area (Å²) in [7, 11) is 3.74. The Labute approximate surface area is 183 Å². The molecule has 0 spiro atoms. The first-order valence-electron chi connectivity index (χ1n) is 9.60. The van der Waals surface area contributed by atoms with Gasteiger partial charge in [-0.05, 0) is 25.5 Å². The zero-order valence-electron chi connectivity index (χ0n) is 18.2. The molecule has 10 nitrogen and oxygen atoms in total. The Bertz CT molecular complexity index is 1080. The van der Waals surface area contributed by atoms with Crippen LogP contribution in [0.15, 0.2) is 12.1 Å². The Hall–Kier alpha value is -3.50. The van der Waals surface area contributed by atoms with Gasteiger partial charge in [0.2, 0.25) is 0 Å². The molecule has 0 amide bonds. The summed E-state index contributed by atoms with van der Waals surface area (Å²) in [4.78, 5) is 24.8. The van der Waals surface area contributed by atoms with E-state index in [-0.39, 0.29) is 57.6 Å². The van der Waals surface area contributed by atoms with E-state index in [1.165, 1.54) is 33.3 Å². The van der Waals surface area contributed by atoms with Gasteiger partial charge < -0.3 is 39.0 Å². The lowest BCUT2D eigenvalue weighted by molar-refractivity contribution is -0.152. The van der Waals surface area contributed by atoms with Crippen molar-refractivity contribution in [3.8, 4) is 34.5 Å². The van der Waals surface area contributed by atoms with Crippen LogP contribution in [0.2, 0.25) is 0 Å². The zero-order chi connectivity index (χ0) is 23.7. The fraction of sp³-hybridized carbons (Fsp3) is 0.364. The van der Waals surface area contributed by atoms with Crippen LogP contribution in [0.4, 0.5) is 0 Å². The third-order valence-electron chi connectivity index (χ3n) is 5.21. The van der Waals surface area contributed by atoms with Crippen molar-refractivity contribution < 1.29 is 48.6 Å². The molecule has 2 atom stereocenters. The highest BCUT2D eigenvalue weighted by atomic mass is 16.6. The first-order chi connectivity index (χ1) is 15.1. The van der Waals surface area contributed by atoms with Crippen LogP contribution in [0, 0.1) is 13.8 Å². The van der Waals surface area contributed by atoms with E-state index in [0.717, 1.165) is 7.11 Å². The Kier molecular flexibility index (Phi) is 6.47. The van der Waals surface area contributed by atoms with Crippen LogP contribution in [0.1, 0.15) is 39.6 Å². The molecule has 2 aromatic carbocycles. The van der Waals surface area contributed by atoms with E-state index >= 15 is 0 Å². The molecule has 0 aromatic heterocycles. The van der Waals surface area contributed by atoms with Crippen molar-refractivity contribution in [3.05, 3.63) is 34.4 Å². The molecule has 0 aliphatic carbocycles. The molecule has 1 aliphatic heterocycles. The van der Waals surface area contributed by atoms with E-state index in [2.05, 4.69) is 4.74 Å². The van der Waals surface area contributed by atoms with E-state index in [4.69, 9.17) is 18.9 Å². The summed E-state index contributed by atoms with van der Waals surface area (Å²) in [6.07, 6.45) is -2.98. The van der Waals surface area contributed by atoms with Gasteiger partial charge in [-0.25, -0.2) is 9.59 Å². The van der Waals surface area contributed by atoms with Gasteiger partial charge in [-0.15, -0.1) is 0 Å². The van der Waals surface area contributed by atoms with Gasteiger partial charge in [-0.1, -0.05) is 0 Å². The van der Waals surface area contributed by atoms with Crippen LogP contribution in [-0.4, -0.2) is 54.7 Å². The second kappa shape index (κ2) is 8.93. The van der Waals surface area contributed by atoms with E-state index in [9.17, 15) is 24.9 Å². The fourth-order valence-corrected chi connectivity index (χ4v) is 3.68. The molecular weight excluding hydrogens is 424 g/mol. The molecule has 3 N–H and O–H groups in total.